The molecule has 0 amide bonds. The van der Waals surface area contributed by atoms with E-state index >= 15 is 0 Å². The van der Waals surface area contributed by atoms with Gasteiger partial charge in [0, 0.05) is 32.3 Å². The van der Waals surface area contributed by atoms with Crippen molar-refractivity contribution >= 4 is 27.3 Å². The van der Waals surface area contributed by atoms with Gasteiger partial charge in [-0.05, 0) is 31.2 Å². The molecule has 2 heterocycles. The van der Waals surface area contributed by atoms with Gasteiger partial charge in [-0.25, -0.2) is 0 Å². The summed E-state index contributed by atoms with van der Waals surface area (Å²) in [5.74, 6) is 0.902. The minimum Gasteiger partial charge on any atom is -0.484 e. The number of fused-ring (bicyclic) bond motifs is 1. The summed E-state index contributed by atoms with van der Waals surface area (Å²) in [5, 5.41) is 0. The molecular formula is C14H14BrNOS. The van der Waals surface area contributed by atoms with Gasteiger partial charge in [0.1, 0.15) is 11.9 Å². The normalized spacial score (nSPS) is 22.4. The molecule has 2 atom stereocenters. The number of ether oxygens (including phenoxy) is 1. The van der Waals surface area contributed by atoms with Crippen LogP contribution in [0.25, 0.3) is 0 Å². The van der Waals surface area contributed by atoms with Gasteiger partial charge < -0.3 is 10.5 Å². The first-order chi connectivity index (χ1) is 8.63. The maximum absolute atomic E-state index is 6.24. The lowest BCUT2D eigenvalue weighted by atomic mass is 9.97. The summed E-state index contributed by atoms with van der Waals surface area (Å²) < 4.78 is 7.11. The number of nitrogens with two attached hydrogens (primary N) is 1. The molecule has 0 saturated carbocycles. The van der Waals surface area contributed by atoms with Crippen LogP contribution in [0.15, 0.2) is 34.8 Å². The smallest absolute Gasteiger partial charge is 0.135 e. The average Bonchev–Trinajstić information content (AvgIpc) is 2.75. The van der Waals surface area contributed by atoms with Gasteiger partial charge in [0.05, 0.1) is 0 Å². The molecule has 0 aliphatic carbocycles. The molecule has 0 radical (unpaired) electrons. The fourth-order valence-corrected chi connectivity index (χ4v) is 3.54. The van der Waals surface area contributed by atoms with Crippen LogP contribution in [0.3, 0.4) is 0 Å². The number of hydrogen-bond donors (Lipinski definition) is 1. The first kappa shape index (κ1) is 12.2. The second-order valence-electron chi connectivity index (χ2n) is 4.58. The molecule has 0 fully saturated rings. The summed E-state index contributed by atoms with van der Waals surface area (Å²) in [6.45, 7) is 2.11. The van der Waals surface area contributed by atoms with Crippen LogP contribution in [0.5, 0.6) is 5.75 Å². The number of hydrogen-bond acceptors (Lipinski definition) is 3. The highest BCUT2D eigenvalue weighted by molar-refractivity contribution is 9.10. The quantitative estimate of drug-likeness (QED) is 0.847. The van der Waals surface area contributed by atoms with E-state index in [9.17, 15) is 0 Å². The van der Waals surface area contributed by atoms with Gasteiger partial charge >= 0.3 is 0 Å². The number of thiophene rings is 1. The molecule has 18 heavy (non-hydrogen) atoms. The third-order valence-corrected chi connectivity index (χ3v) is 4.78. The van der Waals surface area contributed by atoms with Crippen molar-refractivity contribution in [1.29, 1.82) is 0 Å². The van der Waals surface area contributed by atoms with E-state index in [4.69, 9.17) is 10.5 Å². The third kappa shape index (κ3) is 2.20. The van der Waals surface area contributed by atoms with Crippen molar-refractivity contribution in [1.82, 2.24) is 0 Å². The summed E-state index contributed by atoms with van der Waals surface area (Å²) >= 11 is 5.26. The molecule has 94 valence electrons. The Labute approximate surface area is 119 Å². The minimum atomic E-state index is 0.0502. The molecule has 2 N–H and O–H groups in total. The Morgan fingerprint density at radius 3 is 2.89 bits per heavy atom. The Morgan fingerprint density at radius 2 is 2.17 bits per heavy atom. The first-order valence-corrected chi connectivity index (χ1v) is 7.52. The Balaban J connectivity index is 1.95. The first-order valence-electron chi connectivity index (χ1n) is 5.91. The Kier molecular flexibility index (Phi) is 3.18. The van der Waals surface area contributed by atoms with Crippen molar-refractivity contribution < 1.29 is 4.74 Å². The third-order valence-electron chi connectivity index (χ3n) is 3.19. The van der Waals surface area contributed by atoms with Crippen molar-refractivity contribution in [2.24, 2.45) is 5.73 Å². The lowest BCUT2D eigenvalue weighted by molar-refractivity contribution is 0.165. The number of aryl methyl sites for hydroxylation is 1. The Hall–Kier alpha value is -0.840. The van der Waals surface area contributed by atoms with E-state index in [1.807, 2.05) is 18.2 Å². The van der Waals surface area contributed by atoms with Crippen LogP contribution in [0.2, 0.25) is 0 Å². The largest absolute Gasteiger partial charge is 0.484 e. The summed E-state index contributed by atoms with van der Waals surface area (Å²) in [7, 11) is 0. The Bertz CT molecular complexity index is 581. The van der Waals surface area contributed by atoms with Gasteiger partial charge in [-0.1, -0.05) is 22.0 Å². The molecule has 4 heteroatoms. The molecule has 0 spiro atoms. The van der Waals surface area contributed by atoms with E-state index in [1.54, 1.807) is 11.3 Å². The van der Waals surface area contributed by atoms with Crippen molar-refractivity contribution in [3.05, 3.63) is 50.1 Å². The van der Waals surface area contributed by atoms with Crippen LogP contribution >= 0.6 is 27.3 Å². The van der Waals surface area contributed by atoms with E-state index in [0.29, 0.717) is 0 Å². The predicted molar refractivity (Wildman–Crippen MR) is 78.1 cm³/mol. The maximum atomic E-state index is 6.24. The molecule has 0 saturated heterocycles. The molecule has 2 nitrogen and oxygen atoms in total. The van der Waals surface area contributed by atoms with Gasteiger partial charge in [-0.2, -0.15) is 0 Å². The van der Waals surface area contributed by atoms with Crippen LogP contribution in [0.1, 0.15) is 33.9 Å². The maximum Gasteiger partial charge on any atom is 0.135 e. The number of halogens is 1. The molecule has 1 aliphatic rings. The minimum absolute atomic E-state index is 0.0502. The summed E-state index contributed by atoms with van der Waals surface area (Å²) in [4.78, 5) is 2.57. The van der Waals surface area contributed by atoms with E-state index in [2.05, 4.69) is 35.0 Å². The van der Waals surface area contributed by atoms with E-state index in [0.717, 1.165) is 22.2 Å². The fourth-order valence-electron chi connectivity index (χ4n) is 2.28. The molecule has 1 aromatic heterocycles. The lowest BCUT2D eigenvalue weighted by Gasteiger charge is -2.29. The van der Waals surface area contributed by atoms with Gasteiger partial charge in [-0.3, -0.25) is 0 Å². The van der Waals surface area contributed by atoms with Crippen molar-refractivity contribution in [2.75, 3.05) is 0 Å². The zero-order valence-electron chi connectivity index (χ0n) is 10.0. The monoisotopic (exact) mass is 323 g/mol. The van der Waals surface area contributed by atoms with Crippen LogP contribution in [0, 0.1) is 6.92 Å². The molecule has 3 rings (SSSR count). The Morgan fingerprint density at radius 1 is 1.33 bits per heavy atom. The summed E-state index contributed by atoms with van der Waals surface area (Å²) in [6, 6.07) is 10.4. The SMILES string of the molecule is Cc1ccc(C2C[C@H](N)c3ccc(Br)cc3O2)s1. The molecular weight excluding hydrogens is 310 g/mol. The summed E-state index contributed by atoms with van der Waals surface area (Å²) in [6.07, 6.45) is 0.926. The van der Waals surface area contributed by atoms with Crippen LogP contribution in [-0.2, 0) is 0 Å². The van der Waals surface area contributed by atoms with Gasteiger partial charge in [0.15, 0.2) is 0 Å². The molecule has 0 bridgehead atoms. The molecule has 2 aromatic rings. The highest BCUT2D eigenvalue weighted by atomic mass is 79.9. The van der Waals surface area contributed by atoms with Crippen LogP contribution < -0.4 is 10.5 Å². The number of benzene rings is 1. The van der Waals surface area contributed by atoms with Crippen molar-refractivity contribution in [3.8, 4) is 5.75 Å². The standard InChI is InChI=1S/C14H14BrNOS/c1-8-2-5-14(18-8)13-7-11(16)10-4-3-9(15)6-12(10)17-13/h2-6,11,13H,7,16H2,1H3/t11-,13?/m0/s1. The highest BCUT2D eigenvalue weighted by Gasteiger charge is 2.27. The zero-order chi connectivity index (χ0) is 12.7. The van der Waals surface area contributed by atoms with Crippen LogP contribution in [0.4, 0.5) is 0 Å². The number of rotatable bonds is 1. The van der Waals surface area contributed by atoms with E-state index in [1.165, 1.54) is 9.75 Å². The van der Waals surface area contributed by atoms with E-state index < -0.39 is 0 Å². The topological polar surface area (TPSA) is 35.2 Å². The predicted octanol–water partition coefficient (Wildman–Crippen LogP) is 4.34. The summed E-state index contributed by atoms with van der Waals surface area (Å²) in [5.41, 5.74) is 7.34. The highest BCUT2D eigenvalue weighted by Crippen LogP contribution is 2.42. The molecule has 1 aliphatic heterocycles. The second kappa shape index (κ2) is 4.68. The van der Waals surface area contributed by atoms with Crippen molar-refractivity contribution in [3.63, 3.8) is 0 Å². The van der Waals surface area contributed by atoms with Gasteiger partial charge in [0.2, 0.25) is 0 Å². The molecule has 1 aromatic carbocycles. The second-order valence-corrected chi connectivity index (χ2v) is 6.81. The zero-order valence-corrected chi connectivity index (χ0v) is 12.4. The van der Waals surface area contributed by atoms with E-state index in [-0.39, 0.29) is 12.1 Å². The van der Waals surface area contributed by atoms with Gasteiger partial charge in [-0.15, -0.1) is 11.3 Å². The van der Waals surface area contributed by atoms with Crippen molar-refractivity contribution in [2.45, 2.75) is 25.5 Å². The average molecular weight is 324 g/mol. The molecule has 1 unspecified atom stereocenters. The fraction of sp³-hybridized carbons (Fsp3) is 0.286. The van der Waals surface area contributed by atoms with Crippen LogP contribution in [-0.4, -0.2) is 0 Å². The van der Waals surface area contributed by atoms with Gasteiger partial charge in [0.25, 0.3) is 0 Å². The lowest BCUT2D eigenvalue weighted by Crippen LogP contribution is -2.23.